The Balaban J connectivity index is 1.64. The molecule has 5 heteroatoms. The third kappa shape index (κ3) is 5.36. The molecule has 1 fully saturated rings. The molecule has 0 aliphatic heterocycles. The molecule has 1 aliphatic rings. The summed E-state index contributed by atoms with van der Waals surface area (Å²) in [5.41, 5.74) is 4.07. The van der Waals surface area contributed by atoms with Gasteiger partial charge in [0.1, 0.15) is 18.2 Å². The van der Waals surface area contributed by atoms with Crippen LogP contribution in [0.4, 0.5) is 0 Å². The first-order valence-corrected chi connectivity index (χ1v) is 11.9. The molecule has 3 aromatic rings. The van der Waals surface area contributed by atoms with Crippen molar-refractivity contribution in [1.82, 2.24) is 9.55 Å². The largest absolute Gasteiger partial charge is 0.489 e. The summed E-state index contributed by atoms with van der Waals surface area (Å²) in [4.78, 5) is 16.6. The van der Waals surface area contributed by atoms with Crippen molar-refractivity contribution in [3.63, 3.8) is 0 Å². The zero-order valence-electron chi connectivity index (χ0n) is 19.5. The SMILES string of the molecule is CCC(=C(C)C(=O)O)c1cn(C2CCCCC2)c(-c2ccc(OCc3ccccc3)cc2)n1. The van der Waals surface area contributed by atoms with Crippen molar-refractivity contribution in [1.29, 1.82) is 0 Å². The molecule has 1 N–H and O–H groups in total. The topological polar surface area (TPSA) is 64.3 Å². The molecule has 0 amide bonds. The maximum Gasteiger partial charge on any atom is 0.331 e. The van der Waals surface area contributed by atoms with Crippen LogP contribution in [0.5, 0.6) is 5.75 Å². The van der Waals surface area contributed by atoms with Gasteiger partial charge in [0, 0.05) is 23.4 Å². The minimum absolute atomic E-state index is 0.363. The van der Waals surface area contributed by atoms with Crippen LogP contribution in [0.3, 0.4) is 0 Å². The lowest BCUT2D eigenvalue weighted by atomic mass is 9.95. The summed E-state index contributed by atoms with van der Waals surface area (Å²) in [5, 5.41) is 9.54. The molecule has 4 rings (SSSR count). The summed E-state index contributed by atoms with van der Waals surface area (Å²) < 4.78 is 8.23. The molecule has 0 bridgehead atoms. The van der Waals surface area contributed by atoms with Crippen LogP contribution in [0.25, 0.3) is 17.0 Å². The molecule has 0 saturated heterocycles. The average Bonchev–Trinajstić information content (AvgIpc) is 3.29. The van der Waals surface area contributed by atoms with Crippen molar-refractivity contribution in [3.05, 3.63) is 77.6 Å². The summed E-state index contributed by atoms with van der Waals surface area (Å²) in [6.45, 7) is 4.18. The number of imidazole rings is 1. The second-order valence-electron chi connectivity index (χ2n) is 8.71. The van der Waals surface area contributed by atoms with E-state index in [9.17, 15) is 9.90 Å². The summed E-state index contributed by atoms with van der Waals surface area (Å²) in [6, 6.07) is 18.6. The monoisotopic (exact) mass is 444 g/mol. The predicted octanol–water partition coefficient (Wildman–Crippen LogP) is 6.90. The van der Waals surface area contributed by atoms with Crippen LogP contribution < -0.4 is 4.74 Å². The summed E-state index contributed by atoms with van der Waals surface area (Å²) in [7, 11) is 0. The highest BCUT2D eigenvalue weighted by atomic mass is 16.5. The molecular formula is C28H32N2O3. The Morgan fingerprint density at radius 3 is 2.39 bits per heavy atom. The van der Waals surface area contributed by atoms with Crippen LogP contribution in [0.15, 0.2) is 66.4 Å². The van der Waals surface area contributed by atoms with Crippen LogP contribution in [-0.4, -0.2) is 20.6 Å². The van der Waals surface area contributed by atoms with Gasteiger partial charge in [-0.25, -0.2) is 9.78 Å². The summed E-state index contributed by atoms with van der Waals surface area (Å²) >= 11 is 0. The fraction of sp³-hybridized carbons (Fsp3) is 0.357. The predicted molar refractivity (Wildman–Crippen MR) is 131 cm³/mol. The number of aliphatic carboxylic acids is 1. The first-order chi connectivity index (χ1) is 16.1. The second-order valence-corrected chi connectivity index (χ2v) is 8.71. The lowest BCUT2D eigenvalue weighted by molar-refractivity contribution is -0.132. The van der Waals surface area contributed by atoms with Gasteiger partial charge < -0.3 is 14.4 Å². The smallest absolute Gasteiger partial charge is 0.331 e. The zero-order valence-corrected chi connectivity index (χ0v) is 19.5. The normalized spacial score (nSPS) is 15.2. The van der Waals surface area contributed by atoms with E-state index in [0.717, 1.165) is 46.8 Å². The van der Waals surface area contributed by atoms with E-state index in [0.29, 0.717) is 24.6 Å². The molecule has 0 atom stereocenters. The van der Waals surface area contributed by atoms with Gasteiger partial charge in [-0.1, -0.05) is 56.5 Å². The van der Waals surface area contributed by atoms with E-state index in [1.54, 1.807) is 6.92 Å². The van der Waals surface area contributed by atoms with E-state index in [1.807, 2.05) is 49.4 Å². The Kier molecular flexibility index (Phi) is 7.28. The highest BCUT2D eigenvalue weighted by Crippen LogP contribution is 2.35. The van der Waals surface area contributed by atoms with Gasteiger partial charge in [0.05, 0.1) is 5.69 Å². The number of hydrogen-bond acceptors (Lipinski definition) is 3. The molecule has 2 aromatic carbocycles. The van der Waals surface area contributed by atoms with E-state index in [-0.39, 0.29) is 0 Å². The lowest BCUT2D eigenvalue weighted by Crippen LogP contribution is -2.13. The number of ether oxygens (including phenoxy) is 1. The molecule has 1 aliphatic carbocycles. The van der Waals surface area contributed by atoms with Crippen molar-refractivity contribution in [2.24, 2.45) is 0 Å². The molecule has 0 unspecified atom stereocenters. The average molecular weight is 445 g/mol. The Labute approximate surface area is 195 Å². The van der Waals surface area contributed by atoms with Crippen molar-refractivity contribution in [2.75, 3.05) is 0 Å². The van der Waals surface area contributed by atoms with Crippen LogP contribution in [0.2, 0.25) is 0 Å². The van der Waals surface area contributed by atoms with E-state index < -0.39 is 5.97 Å². The number of allylic oxidation sites excluding steroid dienone is 1. The maximum absolute atomic E-state index is 11.6. The number of carboxylic acids is 1. The number of rotatable bonds is 8. The molecule has 33 heavy (non-hydrogen) atoms. The fourth-order valence-corrected chi connectivity index (χ4v) is 4.60. The molecule has 0 radical (unpaired) electrons. The third-order valence-electron chi connectivity index (χ3n) is 6.50. The van der Waals surface area contributed by atoms with Crippen molar-refractivity contribution in [2.45, 2.75) is 65.0 Å². The van der Waals surface area contributed by atoms with Gasteiger partial charge in [-0.05, 0) is 61.6 Å². The van der Waals surface area contributed by atoms with E-state index in [4.69, 9.17) is 9.72 Å². The Bertz CT molecular complexity index is 1110. The molecule has 172 valence electrons. The van der Waals surface area contributed by atoms with E-state index in [2.05, 4.69) is 22.9 Å². The first-order valence-electron chi connectivity index (χ1n) is 11.9. The minimum Gasteiger partial charge on any atom is -0.489 e. The van der Waals surface area contributed by atoms with E-state index >= 15 is 0 Å². The Morgan fingerprint density at radius 2 is 1.76 bits per heavy atom. The van der Waals surface area contributed by atoms with Crippen LogP contribution in [0.1, 0.15) is 69.7 Å². The van der Waals surface area contributed by atoms with Gasteiger partial charge in [0.15, 0.2) is 0 Å². The summed E-state index contributed by atoms with van der Waals surface area (Å²) in [5.74, 6) is 0.825. The van der Waals surface area contributed by atoms with Crippen LogP contribution in [0, 0.1) is 0 Å². The minimum atomic E-state index is -0.888. The van der Waals surface area contributed by atoms with Crippen molar-refractivity contribution in [3.8, 4) is 17.1 Å². The van der Waals surface area contributed by atoms with Crippen LogP contribution >= 0.6 is 0 Å². The number of aromatic nitrogens is 2. The first kappa shape index (κ1) is 22.8. The highest BCUT2D eigenvalue weighted by molar-refractivity contribution is 5.95. The fourth-order valence-electron chi connectivity index (χ4n) is 4.60. The lowest BCUT2D eigenvalue weighted by Gasteiger charge is -2.24. The van der Waals surface area contributed by atoms with Gasteiger partial charge in [-0.2, -0.15) is 0 Å². The third-order valence-corrected chi connectivity index (χ3v) is 6.50. The summed E-state index contributed by atoms with van der Waals surface area (Å²) in [6.07, 6.45) is 8.67. The maximum atomic E-state index is 11.6. The quantitative estimate of drug-likeness (QED) is 0.384. The Morgan fingerprint density at radius 1 is 1.06 bits per heavy atom. The number of benzene rings is 2. The van der Waals surface area contributed by atoms with Crippen molar-refractivity contribution < 1.29 is 14.6 Å². The molecular weight excluding hydrogens is 412 g/mol. The van der Waals surface area contributed by atoms with Gasteiger partial charge >= 0.3 is 5.97 Å². The van der Waals surface area contributed by atoms with Crippen LogP contribution in [-0.2, 0) is 11.4 Å². The molecule has 5 nitrogen and oxygen atoms in total. The number of carboxylic acid groups (broad SMARTS) is 1. The second kappa shape index (κ2) is 10.5. The highest BCUT2D eigenvalue weighted by Gasteiger charge is 2.22. The molecule has 1 aromatic heterocycles. The Hall–Kier alpha value is -3.34. The number of nitrogens with zero attached hydrogens (tertiary/aromatic N) is 2. The molecule has 1 saturated carbocycles. The van der Waals surface area contributed by atoms with Gasteiger partial charge in [-0.15, -0.1) is 0 Å². The van der Waals surface area contributed by atoms with Crippen molar-refractivity contribution >= 4 is 11.5 Å². The van der Waals surface area contributed by atoms with Gasteiger partial charge in [0.2, 0.25) is 0 Å². The molecule has 0 spiro atoms. The van der Waals surface area contributed by atoms with Gasteiger partial charge in [-0.3, -0.25) is 0 Å². The van der Waals surface area contributed by atoms with Gasteiger partial charge in [0.25, 0.3) is 0 Å². The zero-order chi connectivity index (χ0) is 23.2. The number of carbonyl (C=O) groups is 1. The standard InChI is InChI=1S/C28H32N2O3/c1-3-25(20(2)28(31)32)26-18-30(23-12-8-5-9-13-23)27(29-26)22-14-16-24(17-15-22)33-19-21-10-6-4-7-11-21/h4,6-7,10-11,14-18,23H,3,5,8-9,12-13,19H2,1-2H3,(H,31,32). The number of hydrogen-bond donors (Lipinski definition) is 1. The van der Waals surface area contributed by atoms with E-state index in [1.165, 1.54) is 19.3 Å². The molecule has 1 heterocycles.